The van der Waals surface area contributed by atoms with Crippen molar-refractivity contribution in [3.05, 3.63) is 30.3 Å². The number of hydrogen-bond acceptors (Lipinski definition) is 6. The van der Waals surface area contributed by atoms with Crippen molar-refractivity contribution >= 4 is 23.1 Å². The van der Waals surface area contributed by atoms with Gasteiger partial charge >= 0.3 is 0 Å². The lowest BCUT2D eigenvalue weighted by atomic mass is 10.3. The first kappa shape index (κ1) is 15.2. The molecule has 0 aliphatic rings. The lowest BCUT2D eigenvalue weighted by molar-refractivity contribution is 0.323. The van der Waals surface area contributed by atoms with E-state index in [1.807, 2.05) is 24.3 Å². The molecule has 0 radical (unpaired) electrons. The number of rotatable bonds is 5. The van der Waals surface area contributed by atoms with E-state index in [0.717, 1.165) is 9.79 Å². The number of anilines is 2. The third-order valence-corrected chi connectivity index (χ3v) is 3.96. The maximum Gasteiger partial charge on any atom is 0.203 e. The lowest BCUT2D eigenvalue weighted by Gasteiger charge is -2.14. The Morgan fingerprint density at radius 1 is 0.857 bits per heavy atom. The third-order valence-electron chi connectivity index (χ3n) is 2.90. The molecular weight excluding hydrogens is 288 g/mol. The van der Waals surface area contributed by atoms with Crippen molar-refractivity contribution in [2.45, 2.75) is 9.79 Å². The topological polar surface area (TPSA) is 79.7 Å². The summed E-state index contributed by atoms with van der Waals surface area (Å²) in [5.41, 5.74) is 13.0. The Balaban J connectivity index is 2.40. The Morgan fingerprint density at radius 2 is 1.48 bits per heavy atom. The molecule has 0 saturated heterocycles. The van der Waals surface area contributed by atoms with Gasteiger partial charge in [0.15, 0.2) is 11.5 Å². The second-order valence-electron chi connectivity index (χ2n) is 4.26. The molecule has 0 heterocycles. The van der Waals surface area contributed by atoms with Crippen molar-refractivity contribution in [1.29, 1.82) is 0 Å². The average molecular weight is 306 g/mol. The van der Waals surface area contributed by atoms with E-state index < -0.39 is 0 Å². The standard InChI is InChI=1S/C15H18N2O3S/c1-18-12-7-10(8-13(19-2)15(12)20-3)21-14-5-4-9(16)6-11(14)17/h4-8H,16-17H2,1-3H3. The van der Waals surface area contributed by atoms with E-state index in [0.29, 0.717) is 28.6 Å². The fourth-order valence-electron chi connectivity index (χ4n) is 1.90. The highest BCUT2D eigenvalue weighted by molar-refractivity contribution is 7.99. The van der Waals surface area contributed by atoms with Crippen LogP contribution in [0.4, 0.5) is 11.4 Å². The van der Waals surface area contributed by atoms with Crippen LogP contribution in [-0.4, -0.2) is 21.3 Å². The highest BCUT2D eigenvalue weighted by Crippen LogP contribution is 2.43. The quantitative estimate of drug-likeness (QED) is 0.827. The van der Waals surface area contributed by atoms with E-state index in [1.165, 1.54) is 11.8 Å². The lowest BCUT2D eigenvalue weighted by Crippen LogP contribution is -1.96. The average Bonchev–Trinajstić information content (AvgIpc) is 2.49. The minimum Gasteiger partial charge on any atom is -0.493 e. The number of nitrogen functional groups attached to an aromatic ring is 2. The Bertz CT molecular complexity index is 622. The largest absolute Gasteiger partial charge is 0.493 e. The Morgan fingerprint density at radius 3 is 1.95 bits per heavy atom. The Hall–Kier alpha value is -2.21. The molecule has 0 fully saturated rings. The van der Waals surface area contributed by atoms with Crippen molar-refractivity contribution in [3.63, 3.8) is 0 Å². The molecule has 0 aliphatic heterocycles. The van der Waals surface area contributed by atoms with Crippen LogP contribution in [0.25, 0.3) is 0 Å². The number of benzene rings is 2. The van der Waals surface area contributed by atoms with Crippen LogP contribution in [0.2, 0.25) is 0 Å². The summed E-state index contributed by atoms with van der Waals surface area (Å²) in [6.07, 6.45) is 0. The summed E-state index contributed by atoms with van der Waals surface area (Å²) >= 11 is 1.51. The summed E-state index contributed by atoms with van der Waals surface area (Å²) in [5.74, 6) is 1.77. The molecule has 2 rings (SSSR count). The molecule has 0 unspecified atom stereocenters. The zero-order valence-corrected chi connectivity index (χ0v) is 13.0. The predicted molar refractivity (Wildman–Crippen MR) is 85.5 cm³/mol. The summed E-state index contributed by atoms with van der Waals surface area (Å²) in [6, 6.07) is 9.19. The molecule has 0 bridgehead atoms. The number of methoxy groups -OCH3 is 3. The minimum absolute atomic E-state index is 0.564. The van der Waals surface area contributed by atoms with Crippen molar-refractivity contribution in [3.8, 4) is 17.2 Å². The highest BCUT2D eigenvalue weighted by Gasteiger charge is 2.14. The van der Waals surface area contributed by atoms with Gasteiger partial charge in [-0.15, -0.1) is 0 Å². The summed E-state index contributed by atoms with van der Waals surface area (Å²) in [7, 11) is 4.75. The van der Waals surface area contributed by atoms with Gasteiger partial charge in [-0.3, -0.25) is 0 Å². The molecule has 0 spiro atoms. The van der Waals surface area contributed by atoms with E-state index in [9.17, 15) is 0 Å². The second-order valence-corrected chi connectivity index (χ2v) is 5.38. The maximum absolute atomic E-state index is 5.98. The molecule has 6 heteroatoms. The van der Waals surface area contributed by atoms with Crippen LogP contribution in [0.3, 0.4) is 0 Å². The van der Waals surface area contributed by atoms with Gasteiger partial charge in [0.1, 0.15) is 0 Å². The molecule has 112 valence electrons. The number of ether oxygens (including phenoxy) is 3. The van der Waals surface area contributed by atoms with Crippen LogP contribution in [0.5, 0.6) is 17.2 Å². The zero-order chi connectivity index (χ0) is 15.4. The van der Waals surface area contributed by atoms with E-state index in [4.69, 9.17) is 25.7 Å². The molecule has 5 nitrogen and oxygen atoms in total. The summed E-state index contributed by atoms with van der Waals surface area (Å²) in [4.78, 5) is 1.85. The van der Waals surface area contributed by atoms with Crippen LogP contribution in [0, 0.1) is 0 Å². The van der Waals surface area contributed by atoms with Crippen molar-refractivity contribution < 1.29 is 14.2 Å². The van der Waals surface area contributed by atoms with Crippen LogP contribution in [-0.2, 0) is 0 Å². The van der Waals surface area contributed by atoms with Gasteiger partial charge in [0.2, 0.25) is 5.75 Å². The van der Waals surface area contributed by atoms with E-state index in [1.54, 1.807) is 27.4 Å². The summed E-state index contributed by atoms with van der Waals surface area (Å²) in [6.45, 7) is 0. The normalized spacial score (nSPS) is 10.2. The van der Waals surface area contributed by atoms with Gasteiger partial charge in [0.05, 0.1) is 21.3 Å². The van der Waals surface area contributed by atoms with Crippen LogP contribution in [0.15, 0.2) is 40.1 Å². The predicted octanol–water partition coefficient (Wildman–Crippen LogP) is 3.03. The van der Waals surface area contributed by atoms with Crippen LogP contribution in [0.1, 0.15) is 0 Å². The number of hydrogen-bond donors (Lipinski definition) is 2. The molecule has 0 aliphatic carbocycles. The Labute approximate surface area is 128 Å². The van der Waals surface area contributed by atoms with Crippen molar-refractivity contribution in [2.24, 2.45) is 0 Å². The van der Waals surface area contributed by atoms with Crippen LogP contribution >= 0.6 is 11.8 Å². The van der Waals surface area contributed by atoms with Gasteiger partial charge in [-0.25, -0.2) is 0 Å². The fraction of sp³-hybridized carbons (Fsp3) is 0.200. The monoisotopic (exact) mass is 306 g/mol. The van der Waals surface area contributed by atoms with Crippen molar-refractivity contribution in [2.75, 3.05) is 32.8 Å². The fourth-order valence-corrected chi connectivity index (χ4v) is 2.80. The third kappa shape index (κ3) is 3.28. The van der Waals surface area contributed by atoms with Gasteiger partial charge < -0.3 is 25.7 Å². The second kappa shape index (κ2) is 6.49. The minimum atomic E-state index is 0.564. The first-order valence-electron chi connectivity index (χ1n) is 6.22. The highest BCUT2D eigenvalue weighted by atomic mass is 32.2. The van der Waals surface area contributed by atoms with Gasteiger partial charge in [-0.1, -0.05) is 11.8 Å². The van der Waals surface area contributed by atoms with E-state index >= 15 is 0 Å². The maximum atomic E-state index is 5.98. The summed E-state index contributed by atoms with van der Waals surface area (Å²) < 4.78 is 16.0. The van der Waals surface area contributed by atoms with E-state index in [2.05, 4.69) is 0 Å². The first-order valence-corrected chi connectivity index (χ1v) is 7.03. The molecule has 0 amide bonds. The molecule has 2 aromatic rings. The molecule has 0 saturated carbocycles. The molecule has 0 aromatic heterocycles. The summed E-state index contributed by atoms with van der Waals surface area (Å²) in [5, 5.41) is 0. The Kier molecular flexibility index (Phi) is 4.70. The van der Waals surface area contributed by atoms with Gasteiger partial charge in [-0.2, -0.15) is 0 Å². The first-order chi connectivity index (χ1) is 10.1. The molecular formula is C15H18N2O3S. The van der Waals surface area contributed by atoms with Gasteiger partial charge in [0.25, 0.3) is 0 Å². The molecule has 0 atom stereocenters. The van der Waals surface area contributed by atoms with Gasteiger partial charge in [-0.05, 0) is 30.3 Å². The number of nitrogens with two attached hydrogens (primary N) is 2. The van der Waals surface area contributed by atoms with E-state index in [-0.39, 0.29) is 0 Å². The van der Waals surface area contributed by atoms with Crippen molar-refractivity contribution in [1.82, 2.24) is 0 Å². The molecule has 21 heavy (non-hydrogen) atoms. The zero-order valence-electron chi connectivity index (χ0n) is 12.2. The SMILES string of the molecule is COc1cc(Sc2ccc(N)cc2N)cc(OC)c1OC. The van der Waals surface area contributed by atoms with Crippen LogP contribution < -0.4 is 25.7 Å². The molecule has 2 aromatic carbocycles. The smallest absolute Gasteiger partial charge is 0.203 e. The molecule has 4 N–H and O–H groups in total. The van der Waals surface area contributed by atoms with Gasteiger partial charge in [0, 0.05) is 21.2 Å².